The minimum absolute atomic E-state index is 0.207. The Kier molecular flexibility index (Phi) is 3.55. The fourth-order valence-electron chi connectivity index (χ4n) is 3.08. The van der Waals surface area contributed by atoms with Gasteiger partial charge in [0.1, 0.15) is 0 Å². The molecule has 2 nitrogen and oxygen atoms in total. The summed E-state index contributed by atoms with van der Waals surface area (Å²) in [5.74, 6) is 0.501. The summed E-state index contributed by atoms with van der Waals surface area (Å²) in [6.45, 7) is 4.83. The summed E-state index contributed by atoms with van der Waals surface area (Å²) in [7, 11) is 0. The molecule has 17 heavy (non-hydrogen) atoms. The minimum atomic E-state index is -0.323. The lowest BCUT2D eigenvalue weighted by molar-refractivity contribution is 0.0650. The summed E-state index contributed by atoms with van der Waals surface area (Å²) in [6, 6.07) is 8.42. The van der Waals surface area contributed by atoms with Gasteiger partial charge in [0.25, 0.3) is 0 Å². The zero-order valence-electron chi connectivity index (χ0n) is 10.8. The van der Waals surface area contributed by atoms with Gasteiger partial charge in [0.2, 0.25) is 0 Å². The fraction of sp³-hybridized carbons (Fsp3) is 0.600. The van der Waals surface area contributed by atoms with Gasteiger partial charge in [-0.3, -0.25) is 0 Å². The van der Waals surface area contributed by atoms with Crippen LogP contribution in [0.1, 0.15) is 37.8 Å². The van der Waals surface area contributed by atoms with Gasteiger partial charge in [0.15, 0.2) is 0 Å². The monoisotopic (exact) mass is 233 g/mol. The van der Waals surface area contributed by atoms with Crippen molar-refractivity contribution < 1.29 is 5.11 Å². The highest BCUT2D eigenvalue weighted by Crippen LogP contribution is 2.42. The standard InChI is InChI=1S/C15H23NO/c1-11(2)9-14(17)15(10-16)8-7-12-5-3-4-6-13(12)15/h3-6,11,14,17H,7-10,16H2,1-2H3. The van der Waals surface area contributed by atoms with E-state index in [1.807, 2.05) is 0 Å². The summed E-state index contributed by atoms with van der Waals surface area (Å²) >= 11 is 0. The molecule has 2 rings (SSSR count). The molecule has 0 heterocycles. The molecule has 0 amide bonds. The van der Waals surface area contributed by atoms with Crippen LogP contribution in [0, 0.1) is 5.92 Å². The zero-order chi connectivity index (χ0) is 12.5. The minimum Gasteiger partial charge on any atom is -0.392 e. The molecule has 0 spiro atoms. The number of rotatable bonds is 4. The molecule has 0 bridgehead atoms. The third-order valence-corrected chi connectivity index (χ3v) is 4.09. The molecule has 0 aliphatic heterocycles. The molecule has 0 radical (unpaired) electrons. The largest absolute Gasteiger partial charge is 0.392 e. The van der Waals surface area contributed by atoms with Crippen molar-refractivity contribution in [2.75, 3.05) is 6.54 Å². The van der Waals surface area contributed by atoms with Crippen LogP contribution in [0.5, 0.6) is 0 Å². The van der Waals surface area contributed by atoms with E-state index in [-0.39, 0.29) is 11.5 Å². The Bertz CT molecular complexity index is 388. The Labute approximate surface area is 104 Å². The molecule has 1 aromatic carbocycles. The predicted molar refractivity (Wildman–Crippen MR) is 71.0 cm³/mol. The molecule has 1 aromatic rings. The van der Waals surface area contributed by atoms with Gasteiger partial charge >= 0.3 is 0 Å². The first-order chi connectivity index (χ1) is 8.10. The number of hydrogen-bond donors (Lipinski definition) is 2. The molecular weight excluding hydrogens is 210 g/mol. The number of nitrogens with two attached hydrogens (primary N) is 1. The summed E-state index contributed by atoms with van der Waals surface area (Å²) in [5.41, 5.74) is 8.43. The first-order valence-corrected chi connectivity index (χ1v) is 6.56. The van der Waals surface area contributed by atoms with E-state index in [1.165, 1.54) is 11.1 Å². The Morgan fingerprint density at radius 1 is 1.35 bits per heavy atom. The van der Waals surface area contributed by atoms with Gasteiger partial charge < -0.3 is 10.8 Å². The third-order valence-electron chi connectivity index (χ3n) is 4.09. The number of hydrogen-bond acceptors (Lipinski definition) is 2. The molecule has 3 N–H and O–H groups in total. The van der Waals surface area contributed by atoms with Crippen LogP contribution >= 0.6 is 0 Å². The van der Waals surface area contributed by atoms with Crippen LogP contribution in [0.3, 0.4) is 0 Å². The lowest BCUT2D eigenvalue weighted by atomic mass is 9.74. The van der Waals surface area contributed by atoms with E-state index in [0.29, 0.717) is 12.5 Å². The average molecular weight is 233 g/mol. The second kappa shape index (κ2) is 4.79. The second-order valence-electron chi connectivity index (χ2n) is 5.66. The van der Waals surface area contributed by atoms with E-state index < -0.39 is 0 Å². The van der Waals surface area contributed by atoms with E-state index in [0.717, 1.165) is 19.3 Å². The third kappa shape index (κ3) is 2.12. The molecule has 0 saturated carbocycles. The summed E-state index contributed by atoms with van der Waals surface area (Å²) in [5, 5.41) is 10.5. The Hall–Kier alpha value is -0.860. The quantitative estimate of drug-likeness (QED) is 0.837. The summed E-state index contributed by atoms with van der Waals surface area (Å²) in [6.07, 6.45) is 2.53. The van der Waals surface area contributed by atoms with Gasteiger partial charge in [-0.2, -0.15) is 0 Å². The number of fused-ring (bicyclic) bond motifs is 1. The average Bonchev–Trinajstić information content (AvgIpc) is 2.68. The van der Waals surface area contributed by atoms with Crippen molar-refractivity contribution in [2.24, 2.45) is 11.7 Å². The molecule has 94 valence electrons. The van der Waals surface area contributed by atoms with Crippen molar-refractivity contribution in [3.05, 3.63) is 35.4 Å². The highest BCUT2D eigenvalue weighted by Gasteiger charge is 2.43. The van der Waals surface area contributed by atoms with Crippen LogP contribution in [-0.2, 0) is 11.8 Å². The van der Waals surface area contributed by atoms with Crippen LogP contribution in [0.4, 0.5) is 0 Å². The lowest BCUT2D eigenvalue weighted by Crippen LogP contribution is -2.44. The lowest BCUT2D eigenvalue weighted by Gasteiger charge is -2.35. The molecule has 0 saturated heterocycles. The van der Waals surface area contributed by atoms with Gasteiger partial charge in [-0.05, 0) is 36.3 Å². The molecule has 2 unspecified atom stereocenters. The van der Waals surface area contributed by atoms with E-state index in [4.69, 9.17) is 5.73 Å². The number of aliphatic hydroxyl groups is 1. The molecule has 0 aromatic heterocycles. The molecule has 1 aliphatic carbocycles. The zero-order valence-corrected chi connectivity index (χ0v) is 10.8. The second-order valence-corrected chi connectivity index (χ2v) is 5.66. The highest BCUT2D eigenvalue weighted by molar-refractivity contribution is 5.41. The van der Waals surface area contributed by atoms with Crippen LogP contribution < -0.4 is 5.73 Å². The van der Waals surface area contributed by atoms with Crippen LogP contribution in [0.25, 0.3) is 0 Å². The van der Waals surface area contributed by atoms with Crippen LogP contribution in [0.2, 0.25) is 0 Å². The normalized spacial score (nSPS) is 25.0. The molecule has 1 aliphatic rings. The maximum absolute atomic E-state index is 10.5. The van der Waals surface area contributed by atoms with Gasteiger partial charge in [-0.25, -0.2) is 0 Å². The maximum Gasteiger partial charge on any atom is 0.0651 e. The van der Waals surface area contributed by atoms with Gasteiger partial charge in [-0.1, -0.05) is 38.1 Å². The smallest absolute Gasteiger partial charge is 0.0651 e. The first kappa shape index (κ1) is 12.6. The van der Waals surface area contributed by atoms with Crippen molar-refractivity contribution >= 4 is 0 Å². The fourth-order valence-corrected chi connectivity index (χ4v) is 3.08. The number of aryl methyl sites for hydroxylation is 1. The van der Waals surface area contributed by atoms with Crippen molar-refractivity contribution in [1.82, 2.24) is 0 Å². The maximum atomic E-state index is 10.5. The van der Waals surface area contributed by atoms with Crippen molar-refractivity contribution in [1.29, 1.82) is 0 Å². The Morgan fingerprint density at radius 3 is 2.71 bits per heavy atom. The molecule has 0 fully saturated rings. The highest BCUT2D eigenvalue weighted by atomic mass is 16.3. The van der Waals surface area contributed by atoms with Crippen molar-refractivity contribution in [3.63, 3.8) is 0 Å². The van der Waals surface area contributed by atoms with E-state index >= 15 is 0 Å². The summed E-state index contributed by atoms with van der Waals surface area (Å²) in [4.78, 5) is 0. The van der Waals surface area contributed by atoms with E-state index in [1.54, 1.807) is 0 Å². The van der Waals surface area contributed by atoms with Crippen molar-refractivity contribution in [2.45, 2.75) is 44.6 Å². The van der Waals surface area contributed by atoms with Gasteiger partial charge in [0, 0.05) is 12.0 Å². The number of aliphatic hydroxyl groups excluding tert-OH is 1. The van der Waals surface area contributed by atoms with E-state index in [9.17, 15) is 5.11 Å². The Morgan fingerprint density at radius 2 is 2.06 bits per heavy atom. The van der Waals surface area contributed by atoms with Crippen molar-refractivity contribution in [3.8, 4) is 0 Å². The molecular formula is C15H23NO. The van der Waals surface area contributed by atoms with Gasteiger partial charge in [0.05, 0.1) is 6.10 Å². The topological polar surface area (TPSA) is 46.2 Å². The first-order valence-electron chi connectivity index (χ1n) is 6.56. The number of benzene rings is 1. The molecule has 2 atom stereocenters. The SMILES string of the molecule is CC(C)CC(O)C1(CN)CCc2ccccc21. The summed E-state index contributed by atoms with van der Waals surface area (Å²) < 4.78 is 0. The predicted octanol–water partition coefficient (Wildman–Crippen LogP) is 2.24. The van der Waals surface area contributed by atoms with Gasteiger partial charge in [-0.15, -0.1) is 0 Å². The van der Waals surface area contributed by atoms with Crippen LogP contribution in [-0.4, -0.2) is 17.8 Å². The Balaban J connectivity index is 2.33. The van der Waals surface area contributed by atoms with Crippen LogP contribution in [0.15, 0.2) is 24.3 Å². The van der Waals surface area contributed by atoms with E-state index in [2.05, 4.69) is 38.1 Å². The molecule has 2 heteroatoms.